The van der Waals surface area contributed by atoms with Crippen LogP contribution in [0.2, 0.25) is 0 Å². The second-order valence-corrected chi connectivity index (χ2v) is 6.31. The number of fused-ring (bicyclic) bond motifs is 1. The standard InChI is InChI=1S/C21H24N4O2/c1-4-25-20(26)18-7-5-6-8-19(18)22-21(25)24-23-15(2)9-10-16-11-13-17(27-3)14-12-16/h5-8,11-14H,4,9-10H2,1-3H3,(H,22,24)/b23-15-. The Morgan fingerprint density at radius 1 is 1.19 bits per heavy atom. The molecule has 0 unspecified atom stereocenters. The van der Waals surface area contributed by atoms with E-state index in [1.165, 1.54) is 5.56 Å². The van der Waals surface area contributed by atoms with E-state index in [-0.39, 0.29) is 5.56 Å². The van der Waals surface area contributed by atoms with E-state index in [4.69, 9.17) is 4.74 Å². The molecule has 0 fully saturated rings. The summed E-state index contributed by atoms with van der Waals surface area (Å²) in [6, 6.07) is 15.4. The second kappa shape index (κ2) is 8.49. The maximum absolute atomic E-state index is 12.6. The molecule has 3 rings (SSSR count). The molecule has 0 aliphatic carbocycles. The third kappa shape index (κ3) is 4.34. The Bertz CT molecular complexity index is 1010. The van der Waals surface area contributed by atoms with Crippen LogP contribution in [0.25, 0.3) is 10.9 Å². The Labute approximate surface area is 158 Å². The Hall–Kier alpha value is -3.15. The summed E-state index contributed by atoms with van der Waals surface area (Å²) in [7, 11) is 1.66. The first-order valence-corrected chi connectivity index (χ1v) is 9.04. The fourth-order valence-electron chi connectivity index (χ4n) is 2.87. The van der Waals surface area contributed by atoms with E-state index >= 15 is 0 Å². The molecule has 0 atom stereocenters. The van der Waals surface area contributed by atoms with Gasteiger partial charge >= 0.3 is 0 Å². The van der Waals surface area contributed by atoms with E-state index in [2.05, 4.69) is 27.6 Å². The van der Waals surface area contributed by atoms with Crippen molar-refractivity contribution in [2.75, 3.05) is 12.5 Å². The average Bonchev–Trinajstić information content (AvgIpc) is 2.71. The van der Waals surface area contributed by atoms with Crippen molar-refractivity contribution in [1.82, 2.24) is 9.55 Å². The smallest absolute Gasteiger partial charge is 0.262 e. The number of hydrogen-bond acceptors (Lipinski definition) is 5. The molecule has 1 heterocycles. The zero-order valence-corrected chi connectivity index (χ0v) is 15.9. The van der Waals surface area contributed by atoms with E-state index in [0.29, 0.717) is 23.4 Å². The van der Waals surface area contributed by atoms with Gasteiger partial charge in [-0.2, -0.15) is 5.10 Å². The van der Waals surface area contributed by atoms with Crippen molar-refractivity contribution in [1.29, 1.82) is 0 Å². The number of benzene rings is 2. The van der Waals surface area contributed by atoms with Gasteiger partial charge in [0, 0.05) is 12.3 Å². The van der Waals surface area contributed by atoms with Crippen molar-refractivity contribution in [2.45, 2.75) is 33.2 Å². The maximum atomic E-state index is 12.6. The topological polar surface area (TPSA) is 68.5 Å². The number of hydrazone groups is 1. The molecule has 0 aliphatic heterocycles. The van der Waals surface area contributed by atoms with Gasteiger partial charge in [0.25, 0.3) is 5.56 Å². The lowest BCUT2D eigenvalue weighted by Crippen LogP contribution is -2.23. The lowest BCUT2D eigenvalue weighted by Gasteiger charge is -2.11. The molecular formula is C21H24N4O2. The van der Waals surface area contributed by atoms with Crippen LogP contribution < -0.4 is 15.7 Å². The van der Waals surface area contributed by atoms with Gasteiger partial charge in [-0.1, -0.05) is 24.3 Å². The number of aromatic nitrogens is 2. The van der Waals surface area contributed by atoms with Crippen molar-refractivity contribution in [3.63, 3.8) is 0 Å². The van der Waals surface area contributed by atoms with E-state index in [0.717, 1.165) is 24.3 Å². The predicted molar refractivity (Wildman–Crippen MR) is 110 cm³/mol. The van der Waals surface area contributed by atoms with Gasteiger partial charge in [-0.3, -0.25) is 9.36 Å². The molecule has 6 nitrogen and oxygen atoms in total. The number of nitrogens with one attached hydrogen (secondary N) is 1. The van der Waals surface area contributed by atoms with Crippen molar-refractivity contribution < 1.29 is 4.74 Å². The number of ether oxygens (including phenoxy) is 1. The number of methoxy groups -OCH3 is 1. The molecule has 0 spiro atoms. The molecular weight excluding hydrogens is 340 g/mol. The molecule has 1 aromatic heterocycles. The third-order valence-corrected chi connectivity index (χ3v) is 4.46. The first-order chi connectivity index (χ1) is 13.1. The van der Waals surface area contributed by atoms with E-state index < -0.39 is 0 Å². The molecule has 6 heteroatoms. The van der Waals surface area contributed by atoms with Gasteiger partial charge in [0.2, 0.25) is 5.95 Å². The van der Waals surface area contributed by atoms with Crippen molar-refractivity contribution in [3.8, 4) is 5.75 Å². The van der Waals surface area contributed by atoms with Crippen LogP contribution in [0.5, 0.6) is 5.75 Å². The van der Waals surface area contributed by atoms with Crippen LogP contribution in [-0.2, 0) is 13.0 Å². The van der Waals surface area contributed by atoms with Gasteiger partial charge < -0.3 is 4.74 Å². The molecule has 0 aliphatic rings. The summed E-state index contributed by atoms with van der Waals surface area (Å²) >= 11 is 0. The van der Waals surface area contributed by atoms with Gasteiger partial charge in [0.15, 0.2) is 0 Å². The monoisotopic (exact) mass is 364 g/mol. The highest BCUT2D eigenvalue weighted by Gasteiger charge is 2.09. The summed E-state index contributed by atoms with van der Waals surface area (Å²) in [6.07, 6.45) is 1.69. The molecule has 0 amide bonds. The van der Waals surface area contributed by atoms with Gasteiger partial charge in [-0.15, -0.1) is 0 Å². The number of rotatable bonds is 7. The van der Waals surface area contributed by atoms with Gasteiger partial charge in [-0.05, 0) is 56.5 Å². The van der Waals surface area contributed by atoms with E-state index in [1.54, 1.807) is 17.7 Å². The van der Waals surface area contributed by atoms with E-state index in [1.807, 2.05) is 44.2 Å². The maximum Gasteiger partial charge on any atom is 0.262 e. The van der Waals surface area contributed by atoms with Crippen LogP contribution in [0.4, 0.5) is 5.95 Å². The van der Waals surface area contributed by atoms with Crippen LogP contribution in [0.15, 0.2) is 58.4 Å². The summed E-state index contributed by atoms with van der Waals surface area (Å²) in [5.41, 5.74) is 5.74. The molecule has 0 saturated carbocycles. The molecule has 27 heavy (non-hydrogen) atoms. The van der Waals surface area contributed by atoms with Gasteiger partial charge in [-0.25, -0.2) is 10.4 Å². The van der Waals surface area contributed by atoms with Crippen LogP contribution in [0.1, 0.15) is 25.8 Å². The average molecular weight is 364 g/mol. The third-order valence-electron chi connectivity index (χ3n) is 4.46. The van der Waals surface area contributed by atoms with Gasteiger partial charge in [0.05, 0.1) is 18.0 Å². The molecule has 1 N–H and O–H groups in total. The zero-order chi connectivity index (χ0) is 19.2. The highest BCUT2D eigenvalue weighted by Crippen LogP contribution is 2.14. The molecule has 0 radical (unpaired) electrons. The fourth-order valence-corrected chi connectivity index (χ4v) is 2.87. The minimum Gasteiger partial charge on any atom is -0.497 e. The Balaban J connectivity index is 1.73. The number of para-hydroxylation sites is 1. The first-order valence-electron chi connectivity index (χ1n) is 9.04. The van der Waals surface area contributed by atoms with Crippen molar-refractivity contribution in [2.24, 2.45) is 5.10 Å². The summed E-state index contributed by atoms with van der Waals surface area (Å²) in [5.74, 6) is 1.32. The number of hydrogen-bond donors (Lipinski definition) is 1. The Kier molecular flexibility index (Phi) is 5.86. The summed E-state index contributed by atoms with van der Waals surface area (Å²) in [6.45, 7) is 4.41. The second-order valence-electron chi connectivity index (χ2n) is 6.31. The predicted octanol–water partition coefficient (Wildman–Crippen LogP) is 3.85. The minimum absolute atomic E-state index is 0.0586. The number of aryl methyl sites for hydroxylation is 1. The number of nitrogens with zero attached hydrogens (tertiary/aromatic N) is 3. The first kappa shape index (κ1) is 18.6. The Morgan fingerprint density at radius 2 is 1.93 bits per heavy atom. The summed E-state index contributed by atoms with van der Waals surface area (Å²) in [4.78, 5) is 17.2. The summed E-state index contributed by atoms with van der Waals surface area (Å²) in [5, 5.41) is 5.04. The SMILES string of the molecule is CCn1c(N/N=C(/C)CCc2ccc(OC)cc2)nc2ccccc2c1=O. The lowest BCUT2D eigenvalue weighted by molar-refractivity contribution is 0.414. The number of anilines is 1. The van der Waals surface area contributed by atoms with Crippen LogP contribution in [0, 0.1) is 0 Å². The highest BCUT2D eigenvalue weighted by atomic mass is 16.5. The van der Waals surface area contributed by atoms with Crippen LogP contribution in [0.3, 0.4) is 0 Å². The van der Waals surface area contributed by atoms with E-state index in [9.17, 15) is 4.79 Å². The molecule has 3 aromatic rings. The molecule has 2 aromatic carbocycles. The lowest BCUT2D eigenvalue weighted by atomic mass is 10.1. The molecule has 0 saturated heterocycles. The van der Waals surface area contributed by atoms with Crippen LogP contribution in [-0.4, -0.2) is 22.4 Å². The van der Waals surface area contributed by atoms with Gasteiger partial charge in [0.1, 0.15) is 5.75 Å². The highest BCUT2D eigenvalue weighted by molar-refractivity contribution is 5.83. The summed E-state index contributed by atoms with van der Waals surface area (Å²) < 4.78 is 6.78. The fraction of sp³-hybridized carbons (Fsp3) is 0.286. The molecule has 0 bridgehead atoms. The largest absolute Gasteiger partial charge is 0.497 e. The van der Waals surface area contributed by atoms with Crippen LogP contribution >= 0.6 is 0 Å². The van der Waals surface area contributed by atoms with Crippen molar-refractivity contribution in [3.05, 3.63) is 64.4 Å². The minimum atomic E-state index is -0.0586. The molecule has 140 valence electrons. The quantitative estimate of drug-likeness (QED) is 0.511. The zero-order valence-electron chi connectivity index (χ0n) is 15.9. The van der Waals surface area contributed by atoms with Crippen molar-refractivity contribution >= 4 is 22.6 Å². The Morgan fingerprint density at radius 3 is 2.63 bits per heavy atom. The normalized spacial score (nSPS) is 11.6.